The Balaban J connectivity index is 1.46. The summed E-state index contributed by atoms with van der Waals surface area (Å²) < 4.78 is 34.5. The largest absolute Gasteiger partial charge is 0.337 e. The first-order valence-electron chi connectivity index (χ1n) is 13.7. The number of aryl methyl sites for hydroxylation is 1. The van der Waals surface area contributed by atoms with Crippen LogP contribution in [0, 0.1) is 20.4 Å². The van der Waals surface area contributed by atoms with Crippen LogP contribution in [0.1, 0.15) is 68.7 Å². The normalized spacial score (nSPS) is 16.4. The fourth-order valence-corrected chi connectivity index (χ4v) is 6.76. The number of sulfonamides is 1. The van der Waals surface area contributed by atoms with Crippen molar-refractivity contribution in [1.82, 2.24) is 10.1 Å². The minimum Gasteiger partial charge on any atom is -0.337 e. The van der Waals surface area contributed by atoms with Crippen LogP contribution in [0.15, 0.2) is 56.9 Å². The number of unbranched alkanes of at least 4 members (excludes halogenated alkanes) is 1. The molecule has 1 fully saturated rings. The average Bonchev–Trinajstić information content (AvgIpc) is 3.63. The van der Waals surface area contributed by atoms with Gasteiger partial charge in [-0.2, -0.15) is 0 Å². The van der Waals surface area contributed by atoms with Gasteiger partial charge in [-0.15, -0.1) is 0 Å². The molecule has 2 aliphatic rings. The van der Waals surface area contributed by atoms with Crippen LogP contribution < -0.4 is 4.72 Å². The number of nitrogens with one attached hydrogen (secondary N) is 1. The van der Waals surface area contributed by atoms with E-state index in [1.54, 1.807) is 49.1 Å². The Bertz CT molecular complexity index is 1630. The molecule has 208 valence electrons. The summed E-state index contributed by atoms with van der Waals surface area (Å²) in [4.78, 5) is 24.1. The van der Waals surface area contributed by atoms with Gasteiger partial charge in [-0.1, -0.05) is 67.7 Å². The van der Waals surface area contributed by atoms with Gasteiger partial charge < -0.3 is 4.52 Å². The lowest BCUT2D eigenvalue weighted by atomic mass is 9.97. The number of nitrogens with zero attached hydrogens (tertiary/aromatic N) is 4. The van der Waals surface area contributed by atoms with Gasteiger partial charge >= 0.3 is 0 Å². The van der Waals surface area contributed by atoms with Crippen LogP contribution in [0.3, 0.4) is 0 Å². The van der Waals surface area contributed by atoms with Gasteiger partial charge in [-0.3, -0.25) is 14.7 Å². The molecule has 0 unspecified atom stereocenters. The van der Waals surface area contributed by atoms with Crippen molar-refractivity contribution in [2.24, 2.45) is 4.99 Å². The van der Waals surface area contributed by atoms with E-state index in [9.17, 15) is 13.2 Å². The lowest BCUT2D eigenvalue weighted by molar-refractivity contribution is -0.131. The van der Waals surface area contributed by atoms with Crippen LogP contribution in [0.25, 0.3) is 16.0 Å². The third-order valence-corrected chi connectivity index (χ3v) is 9.25. The maximum absolute atomic E-state index is 13.5. The zero-order chi connectivity index (χ0) is 28.5. The third kappa shape index (κ3) is 5.02. The van der Waals surface area contributed by atoms with Gasteiger partial charge in [0.1, 0.15) is 11.4 Å². The number of anilines is 1. The molecule has 0 bridgehead atoms. The van der Waals surface area contributed by atoms with Crippen LogP contribution >= 0.6 is 0 Å². The lowest BCUT2D eigenvalue weighted by Gasteiger charge is -2.23. The number of aromatic nitrogens is 1. The second kappa shape index (κ2) is 10.9. The molecule has 1 amide bonds. The number of benzene rings is 2. The molecule has 2 aromatic carbocycles. The molecule has 5 rings (SSSR count). The molecule has 1 N–H and O–H groups in total. The van der Waals surface area contributed by atoms with E-state index >= 15 is 0 Å². The van der Waals surface area contributed by atoms with E-state index in [4.69, 9.17) is 16.1 Å². The van der Waals surface area contributed by atoms with Gasteiger partial charge in [-0.25, -0.2) is 18.0 Å². The number of carbonyl (C=O) groups excluding carboxylic acids is 1. The van der Waals surface area contributed by atoms with Crippen molar-refractivity contribution < 1.29 is 17.7 Å². The van der Waals surface area contributed by atoms with Gasteiger partial charge in [0.2, 0.25) is 5.88 Å². The Morgan fingerprint density at radius 3 is 2.55 bits per heavy atom. The molecule has 0 atom stereocenters. The maximum atomic E-state index is 13.5. The number of aliphatic imine (C=N–C) groups is 1. The van der Waals surface area contributed by atoms with Gasteiger partial charge in [-0.05, 0) is 55.9 Å². The second-order valence-corrected chi connectivity index (χ2v) is 12.2. The molecule has 2 heterocycles. The maximum Gasteiger partial charge on any atom is 0.264 e. The van der Waals surface area contributed by atoms with E-state index in [-0.39, 0.29) is 16.7 Å². The highest BCUT2D eigenvalue weighted by Gasteiger charge is 2.49. The second-order valence-electron chi connectivity index (χ2n) is 10.5. The lowest BCUT2D eigenvalue weighted by Crippen LogP contribution is -2.40. The van der Waals surface area contributed by atoms with Crippen LogP contribution in [0.4, 0.5) is 11.6 Å². The fourth-order valence-electron chi connectivity index (χ4n) is 5.49. The first kappa shape index (κ1) is 27.6. The molecule has 1 aliphatic carbocycles. The minimum absolute atomic E-state index is 0.0213. The summed E-state index contributed by atoms with van der Waals surface area (Å²) in [6, 6.07) is 11.9. The van der Waals surface area contributed by atoms with E-state index in [2.05, 4.69) is 21.6 Å². The predicted octanol–water partition coefficient (Wildman–Crippen LogP) is 6.55. The van der Waals surface area contributed by atoms with Crippen molar-refractivity contribution in [2.45, 2.75) is 82.7 Å². The zero-order valence-corrected chi connectivity index (χ0v) is 23.8. The molecule has 9 nitrogen and oxygen atoms in total. The van der Waals surface area contributed by atoms with Crippen molar-refractivity contribution in [3.63, 3.8) is 0 Å². The van der Waals surface area contributed by atoms with Crippen molar-refractivity contribution in [3.8, 4) is 11.1 Å². The summed E-state index contributed by atoms with van der Waals surface area (Å²) in [5.41, 5.74) is 2.57. The van der Waals surface area contributed by atoms with Crippen LogP contribution in [-0.2, 0) is 21.4 Å². The van der Waals surface area contributed by atoms with E-state index < -0.39 is 15.6 Å². The molecule has 0 saturated heterocycles. The first-order valence-corrected chi connectivity index (χ1v) is 15.1. The number of hydrogen-bond acceptors (Lipinski definition) is 6. The summed E-state index contributed by atoms with van der Waals surface area (Å²) in [6.45, 7) is 13.8. The number of amidine groups is 1. The van der Waals surface area contributed by atoms with E-state index in [0.717, 1.165) is 56.3 Å². The molecule has 1 aliphatic heterocycles. The quantitative estimate of drug-likeness (QED) is 0.299. The highest BCUT2D eigenvalue weighted by molar-refractivity contribution is 7.92. The standard InChI is InChI=1S/C30H33N5O4S/c1-5-6-13-27-32-30(16-9-10-17-30)29(36)35(27)19-22-14-15-23(25(18-22)31-4)24-11-7-8-12-26(24)40(37,38)34-28-20(2)21(3)33-39-28/h7-8,11-12,14-15,18,34H,5-6,9-10,13,16-17,19H2,1-3H3. The Kier molecular flexibility index (Phi) is 7.51. The monoisotopic (exact) mass is 559 g/mol. The SMILES string of the molecule is [C-]#[N+]c1cc(CN2C(=O)C3(CCCC3)N=C2CCCC)ccc1-c1ccccc1S(=O)(=O)Nc1onc(C)c1C. The highest BCUT2D eigenvalue weighted by atomic mass is 32.2. The van der Waals surface area contributed by atoms with Gasteiger partial charge in [0, 0.05) is 12.0 Å². The average molecular weight is 560 g/mol. The van der Waals surface area contributed by atoms with Crippen molar-refractivity contribution >= 4 is 33.3 Å². The van der Waals surface area contributed by atoms with Crippen LogP contribution in [0.2, 0.25) is 0 Å². The van der Waals surface area contributed by atoms with Crippen LogP contribution in [0.5, 0.6) is 0 Å². The minimum atomic E-state index is -4.05. The Morgan fingerprint density at radius 1 is 1.12 bits per heavy atom. The van der Waals surface area contributed by atoms with Crippen molar-refractivity contribution in [2.75, 3.05) is 4.72 Å². The topological polar surface area (TPSA) is 109 Å². The van der Waals surface area contributed by atoms with Gasteiger partial charge in [0.25, 0.3) is 15.9 Å². The molecule has 1 aromatic heterocycles. The Labute approximate surface area is 235 Å². The summed E-state index contributed by atoms with van der Waals surface area (Å²) in [6.07, 6.45) is 6.31. The molecular weight excluding hydrogens is 526 g/mol. The fraction of sp³-hybridized carbons (Fsp3) is 0.400. The summed E-state index contributed by atoms with van der Waals surface area (Å²) >= 11 is 0. The van der Waals surface area contributed by atoms with E-state index in [1.807, 2.05) is 6.07 Å². The first-order chi connectivity index (χ1) is 19.2. The van der Waals surface area contributed by atoms with E-state index in [0.29, 0.717) is 34.6 Å². The summed E-state index contributed by atoms with van der Waals surface area (Å²) in [5, 5.41) is 3.83. The molecule has 40 heavy (non-hydrogen) atoms. The van der Waals surface area contributed by atoms with Crippen molar-refractivity contribution in [3.05, 3.63) is 70.7 Å². The summed E-state index contributed by atoms with van der Waals surface area (Å²) in [7, 11) is -4.05. The molecule has 0 radical (unpaired) electrons. The van der Waals surface area contributed by atoms with Crippen molar-refractivity contribution in [1.29, 1.82) is 0 Å². The highest BCUT2D eigenvalue weighted by Crippen LogP contribution is 2.41. The van der Waals surface area contributed by atoms with Gasteiger partial charge in [0.05, 0.1) is 23.7 Å². The number of carbonyl (C=O) groups is 1. The number of rotatable bonds is 9. The molecule has 10 heteroatoms. The predicted molar refractivity (Wildman–Crippen MR) is 154 cm³/mol. The molecule has 3 aromatic rings. The van der Waals surface area contributed by atoms with E-state index in [1.165, 1.54) is 6.07 Å². The number of hydrogen-bond donors (Lipinski definition) is 1. The van der Waals surface area contributed by atoms with Crippen LogP contribution in [-0.4, -0.2) is 35.8 Å². The molecular formula is C30H33N5O4S. The third-order valence-electron chi connectivity index (χ3n) is 7.86. The van der Waals surface area contributed by atoms with Gasteiger partial charge in [0.15, 0.2) is 5.69 Å². The zero-order valence-electron chi connectivity index (χ0n) is 23.0. The number of amides is 1. The smallest absolute Gasteiger partial charge is 0.264 e. The Morgan fingerprint density at radius 2 is 1.88 bits per heavy atom. The Hall–Kier alpha value is -3.97. The summed E-state index contributed by atoms with van der Waals surface area (Å²) in [5.74, 6) is 0.955. The molecule has 1 saturated carbocycles. The molecule has 1 spiro atoms.